The zero-order valence-corrected chi connectivity index (χ0v) is 15.9. The van der Waals surface area contributed by atoms with Gasteiger partial charge in [-0.15, -0.1) is 0 Å². The van der Waals surface area contributed by atoms with Gasteiger partial charge in [-0.05, 0) is 43.6 Å². The summed E-state index contributed by atoms with van der Waals surface area (Å²) in [5.74, 6) is 1.35. The summed E-state index contributed by atoms with van der Waals surface area (Å²) in [7, 11) is 0. The third-order valence-corrected chi connectivity index (χ3v) is 5.15. The lowest BCUT2D eigenvalue weighted by Crippen LogP contribution is -2.41. The zero-order valence-electron chi connectivity index (χ0n) is 15.9. The molecule has 1 heterocycles. The Labute approximate surface area is 152 Å². The van der Waals surface area contributed by atoms with Crippen LogP contribution in [0.25, 0.3) is 0 Å². The van der Waals surface area contributed by atoms with E-state index in [1.807, 2.05) is 23.1 Å². The number of nitrogens with one attached hydrogen (secondary N) is 2. The molecule has 1 aliphatic carbocycles. The van der Waals surface area contributed by atoms with Gasteiger partial charge >= 0.3 is 0 Å². The first-order chi connectivity index (χ1) is 12.2. The second-order valence-electron chi connectivity index (χ2n) is 7.44. The van der Waals surface area contributed by atoms with Gasteiger partial charge in [0.2, 0.25) is 0 Å². The minimum absolute atomic E-state index is 0.191. The van der Waals surface area contributed by atoms with Crippen LogP contribution in [0.5, 0.6) is 0 Å². The molecule has 1 unspecified atom stereocenters. The van der Waals surface area contributed by atoms with Crippen LogP contribution in [0.3, 0.4) is 0 Å². The van der Waals surface area contributed by atoms with Crippen molar-refractivity contribution in [2.24, 2.45) is 16.3 Å². The fourth-order valence-electron chi connectivity index (χ4n) is 3.68. The Morgan fingerprint density at radius 3 is 2.76 bits per heavy atom. The highest BCUT2D eigenvalue weighted by Gasteiger charge is 2.31. The van der Waals surface area contributed by atoms with Crippen LogP contribution in [-0.4, -0.2) is 47.1 Å². The maximum Gasteiger partial charge on any atom is 0.191 e. The molecule has 142 valence electrons. The van der Waals surface area contributed by atoms with Crippen LogP contribution in [0.1, 0.15) is 52.4 Å². The van der Waals surface area contributed by atoms with Crippen molar-refractivity contribution in [1.29, 1.82) is 0 Å². The van der Waals surface area contributed by atoms with Gasteiger partial charge in [-0.2, -0.15) is 5.10 Å². The maximum absolute atomic E-state index is 9.46. The van der Waals surface area contributed by atoms with Crippen LogP contribution in [0.4, 0.5) is 0 Å². The molecular formula is C19H35N5O. The topological polar surface area (TPSA) is 74.5 Å². The number of nitrogens with zero attached hydrogens (tertiary/aromatic N) is 3. The molecule has 1 fully saturated rings. The molecule has 0 radical (unpaired) electrons. The molecule has 25 heavy (non-hydrogen) atoms. The molecule has 0 amide bonds. The fraction of sp³-hybridized carbons (Fsp3) is 0.789. The number of hydrogen-bond acceptors (Lipinski definition) is 3. The van der Waals surface area contributed by atoms with Crippen LogP contribution in [-0.2, 0) is 6.54 Å². The third kappa shape index (κ3) is 6.69. The van der Waals surface area contributed by atoms with Gasteiger partial charge in [0.25, 0.3) is 0 Å². The molecule has 0 aromatic carbocycles. The number of aromatic nitrogens is 2. The first-order valence-electron chi connectivity index (χ1n) is 9.78. The molecule has 1 saturated carbocycles. The van der Waals surface area contributed by atoms with Crippen LogP contribution < -0.4 is 10.6 Å². The first-order valence-corrected chi connectivity index (χ1v) is 9.78. The summed E-state index contributed by atoms with van der Waals surface area (Å²) in [5, 5.41) is 20.5. The summed E-state index contributed by atoms with van der Waals surface area (Å²) >= 11 is 0. The Balaban J connectivity index is 1.87. The van der Waals surface area contributed by atoms with Gasteiger partial charge in [0, 0.05) is 45.2 Å². The Bertz CT molecular complexity index is 488. The summed E-state index contributed by atoms with van der Waals surface area (Å²) < 4.78 is 1.97. The minimum atomic E-state index is 0.191. The molecule has 2 rings (SSSR count). The van der Waals surface area contributed by atoms with E-state index in [1.54, 1.807) is 0 Å². The molecule has 6 nitrogen and oxygen atoms in total. The highest BCUT2D eigenvalue weighted by molar-refractivity contribution is 5.79. The van der Waals surface area contributed by atoms with Crippen molar-refractivity contribution >= 4 is 5.96 Å². The summed E-state index contributed by atoms with van der Waals surface area (Å²) in [6.45, 7) is 7.98. The van der Waals surface area contributed by atoms with Crippen molar-refractivity contribution in [1.82, 2.24) is 20.4 Å². The Kier molecular flexibility index (Phi) is 8.25. The summed E-state index contributed by atoms with van der Waals surface area (Å²) in [6.07, 6.45) is 10.9. The lowest BCUT2D eigenvalue weighted by atomic mass is 9.72. The molecule has 0 bridgehead atoms. The van der Waals surface area contributed by atoms with Crippen molar-refractivity contribution in [2.75, 3.05) is 26.2 Å². The summed E-state index contributed by atoms with van der Waals surface area (Å²) in [4.78, 5) is 4.86. The molecule has 1 atom stereocenters. The van der Waals surface area contributed by atoms with E-state index >= 15 is 0 Å². The first kappa shape index (κ1) is 19.8. The second-order valence-corrected chi connectivity index (χ2v) is 7.44. The molecule has 0 spiro atoms. The van der Waals surface area contributed by atoms with Gasteiger partial charge in [-0.1, -0.05) is 26.2 Å². The van der Waals surface area contributed by atoms with Gasteiger partial charge in [0.05, 0.1) is 0 Å². The van der Waals surface area contributed by atoms with E-state index in [9.17, 15) is 5.11 Å². The average Bonchev–Trinajstić information content (AvgIpc) is 3.11. The highest BCUT2D eigenvalue weighted by Crippen LogP contribution is 2.39. The number of aliphatic imine (C=N–C) groups is 1. The Morgan fingerprint density at radius 1 is 1.32 bits per heavy atom. The normalized spacial score (nSPS) is 18.8. The summed E-state index contributed by atoms with van der Waals surface area (Å²) in [5.41, 5.74) is 0.191. The van der Waals surface area contributed by atoms with Crippen LogP contribution in [0.2, 0.25) is 0 Å². The smallest absolute Gasteiger partial charge is 0.191 e. The van der Waals surface area contributed by atoms with E-state index in [4.69, 9.17) is 4.99 Å². The standard InChI is InChI=1S/C19H35N5O/c1-3-20-18(21-14-17(2)15-24-12-7-11-23-24)22-16-19(10-13-25)8-5-4-6-9-19/h7,11-12,17,25H,3-6,8-10,13-16H2,1-2H3,(H2,20,21,22). The molecule has 0 saturated heterocycles. The predicted molar refractivity (Wildman–Crippen MR) is 103 cm³/mol. The van der Waals surface area contributed by atoms with Gasteiger partial charge in [-0.25, -0.2) is 0 Å². The van der Waals surface area contributed by atoms with E-state index in [0.29, 0.717) is 5.92 Å². The molecule has 6 heteroatoms. The van der Waals surface area contributed by atoms with Crippen molar-refractivity contribution in [2.45, 2.75) is 58.9 Å². The fourth-order valence-corrected chi connectivity index (χ4v) is 3.68. The number of aliphatic hydroxyl groups is 1. The van der Waals surface area contributed by atoms with Crippen LogP contribution in [0, 0.1) is 11.3 Å². The van der Waals surface area contributed by atoms with Gasteiger partial charge in [0.15, 0.2) is 5.96 Å². The van der Waals surface area contributed by atoms with Crippen LogP contribution >= 0.6 is 0 Å². The third-order valence-electron chi connectivity index (χ3n) is 5.15. The Morgan fingerprint density at radius 2 is 2.12 bits per heavy atom. The van der Waals surface area contributed by atoms with E-state index in [1.165, 1.54) is 32.1 Å². The maximum atomic E-state index is 9.46. The van der Waals surface area contributed by atoms with E-state index in [2.05, 4.69) is 29.6 Å². The average molecular weight is 350 g/mol. The number of aliphatic hydroxyl groups excluding tert-OH is 1. The lowest BCUT2D eigenvalue weighted by Gasteiger charge is -2.35. The molecule has 1 aromatic rings. The molecule has 1 aliphatic rings. The van der Waals surface area contributed by atoms with Crippen molar-refractivity contribution in [3.63, 3.8) is 0 Å². The minimum Gasteiger partial charge on any atom is -0.396 e. The molecule has 0 aliphatic heterocycles. The van der Waals surface area contributed by atoms with E-state index in [-0.39, 0.29) is 12.0 Å². The van der Waals surface area contributed by atoms with Gasteiger partial charge < -0.3 is 15.7 Å². The lowest BCUT2D eigenvalue weighted by molar-refractivity contribution is 0.137. The number of rotatable bonds is 9. The second kappa shape index (κ2) is 10.4. The molecular weight excluding hydrogens is 314 g/mol. The molecule has 3 N–H and O–H groups in total. The SMILES string of the molecule is CCNC(=NCC1(CCO)CCCCC1)NCC(C)Cn1cccn1. The number of guanidine groups is 1. The van der Waals surface area contributed by atoms with Crippen molar-refractivity contribution < 1.29 is 5.11 Å². The quantitative estimate of drug-likeness (QED) is 0.473. The molecule has 1 aromatic heterocycles. The van der Waals surface area contributed by atoms with Crippen molar-refractivity contribution in [3.05, 3.63) is 18.5 Å². The highest BCUT2D eigenvalue weighted by atomic mass is 16.3. The van der Waals surface area contributed by atoms with Gasteiger partial charge in [-0.3, -0.25) is 9.67 Å². The zero-order chi connectivity index (χ0) is 18.0. The van der Waals surface area contributed by atoms with E-state index in [0.717, 1.165) is 38.6 Å². The predicted octanol–water partition coefficient (Wildman–Crippen LogP) is 2.41. The Hall–Kier alpha value is -1.56. The van der Waals surface area contributed by atoms with Crippen molar-refractivity contribution in [3.8, 4) is 0 Å². The van der Waals surface area contributed by atoms with Crippen LogP contribution in [0.15, 0.2) is 23.5 Å². The van der Waals surface area contributed by atoms with E-state index < -0.39 is 0 Å². The van der Waals surface area contributed by atoms with Gasteiger partial charge in [0.1, 0.15) is 0 Å². The monoisotopic (exact) mass is 349 g/mol. The number of hydrogen-bond donors (Lipinski definition) is 3. The largest absolute Gasteiger partial charge is 0.396 e. The summed E-state index contributed by atoms with van der Waals surface area (Å²) in [6, 6.07) is 1.95.